The summed E-state index contributed by atoms with van der Waals surface area (Å²) in [6, 6.07) is 8.72. The largest absolute Gasteiger partial charge is 0.378 e. The molecule has 0 saturated carbocycles. The van der Waals surface area contributed by atoms with Gasteiger partial charge >= 0.3 is 0 Å². The van der Waals surface area contributed by atoms with Gasteiger partial charge in [-0.3, -0.25) is 9.59 Å². The first kappa shape index (κ1) is 21.4. The Kier molecular flexibility index (Phi) is 5.93. The maximum Gasteiger partial charge on any atom is 0.223 e. The number of morpholine rings is 1. The molecular weight excluding hydrogens is 376 g/mol. The fraction of sp³-hybridized carbons (Fsp3) is 0.680. The molecule has 3 aliphatic rings. The maximum absolute atomic E-state index is 12.9. The van der Waals surface area contributed by atoms with Crippen molar-refractivity contribution in [3.8, 4) is 0 Å². The smallest absolute Gasteiger partial charge is 0.223 e. The number of amides is 2. The molecule has 1 atom stereocenters. The lowest BCUT2D eigenvalue weighted by Gasteiger charge is -2.41. The van der Waals surface area contributed by atoms with Crippen molar-refractivity contribution >= 4 is 11.8 Å². The molecule has 5 nitrogen and oxygen atoms in total. The second-order valence-electron chi connectivity index (χ2n) is 10.6. The third kappa shape index (κ3) is 4.41. The number of likely N-dealkylation sites (tertiary alicyclic amines) is 1. The van der Waals surface area contributed by atoms with E-state index in [4.69, 9.17) is 4.74 Å². The Morgan fingerprint density at radius 1 is 1.00 bits per heavy atom. The lowest BCUT2D eigenvalue weighted by molar-refractivity contribution is -0.135. The average Bonchev–Trinajstić information content (AvgIpc) is 3.01. The van der Waals surface area contributed by atoms with Gasteiger partial charge in [0.05, 0.1) is 13.2 Å². The number of benzene rings is 1. The molecule has 2 aliphatic heterocycles. The van der Waals surface area contributed by atoms with E-state index in [9.17, 15) is 9.59 Å². The van der Waals surface area contributed by atoms with Crippen molar-refractivity contribution in [3.05, 3.63) is 35.4 Å². The minimum Gasteiger partial charge on any atom is -0.378 e. The number of nitrogens with zero attached hydrogens (tertiary/aromatic N) is 2. The highest BCUT2D eigenvalue weighted by Gasteiger charge is 2.46. The van der Waals surface area contributed by atoms with Crippen molar-refractivity contribution in [2.24, 2.45) is 5.41 Å². The zero-order chi connectivity index (χ0) is 21.4. The van der Waals surface area contributed by atoms with Crippen LogP contribution in [0.2, 0.25) is 0 Å². The highest BCUT2D eigenvalue weighted by molar-refractivity contribution is 5.78. The van der Waals surface area contributed by atoms with Crippen LogP contribution in [0.1, 0.15) is 69.9 Å². The summed E-state index contributed by atoms with van der Waals surface area (Å²) in [6.07, 6.45) is 4.23. The van der Waals surface area contributed by atoms with Crippen molar-refractivity contribution in [2.75, 3.05) is 39.4 Å². The van der Waals surface area contributed by atoms with Crippen LogP contribution in [0, 0.1) is 5.41 Å². The van der Waals surface area contributed by atoms with Crippen molar-refractivity contribution in [3.63, 3.8) is 0 Å². The van der Waals surface area contributed by atoms with Crippen molar-refractivity contribution < 1.29 is 14.3 Å². The number of hydrogen-bond acceptors (Lipinski definition) is 3. The standard InChI is InChI=1S/C25H36N2O3/c1-24(2,3)18-23(29)26-10-8-25(9-11-26)17-19(20-6-4-5-7-21(20)25)16-22(28)27-12-14-30-15-13-27/h4-7,19H,8-18H2,1-3H3/t19-/m1/s1. The molecule has 2 fully saturated rings. The van der Waals surface area contributed by atoms with E-state index in [2.05, 4.69) is 49.9 Å². The molecule has 0 radical (unpaired) electrons. The fourth-order valence-electron chi connectivity index (χ4n) is 5.59. The van der Waals surface area contributed by atoms with Gasteiger partial charge in [-0.05, 0) is 47.1 Å². The van der Waals surface area contributed by atoms with E-state index in [1.807, 2.05) is 4.90 Å². The molecule has 0 unspecified atom stereocenters. The quantitative estimate of drug-likeness (QED) is 0.760. The maximum atomic E-state index is 12.9. The van der Waals surface area contributed by atoms with Crippen LogP contribution in [0.3, 0.4) is 0 Å². The highest BCUT2D eigenvalue weighted by atomic mass is 16.5. The summed E-state index contributed by atoms with van der Waals surface area (Å²) in [7, 11) is 0. The minimum absolute atomic E-state index is 0.0249. The van der Waals surface area contributed by atoms with E-state index in [-0.39, 0.29) is 28.6 Å². The van der Waals surface area contributed by atoms with Gasteiger partial charge in [0.15, 0.2) is 0 Å². The molecule has 164 valence electrons. The second-order valence-corrected chi connectivity index (χ2v) is 10.6. The molecule has 0 N–H and O–H groups in total. The monoisotopic (exact) mass is 412 g/mol. The fourth-order valence-corrected chi connectivity index (χ4v) is 5.59. The first-order valence-electron chi connectivity index (χ1n) is 11.5. The van der Waals surface area contributed by atoms with Gasteiger partial charge in [-0.15, -0.1) is 0 Å². The number of hydrogen-bond donors (Lipinski definition) is 0. The van der Waals surface area contributed by atoms with Gasteiger partial charge in [0, 0.05) is 39.0 Å². The molecule has 1 aromatic rings. The first-order chi connectivity index (χ1) is 14.3. The Hall–Kier alpha value is -1.88. The number of rotatable bonds is 3. The van der Waals surface area contributed by atoms with E-state index < -0.39 is 0 Å². The number of piperidine rings is 1. The molecule has 2 amide bonds. The number of ether oxygens (including phenoxy) is 1. The molecule has 1 aliphatic carbocycles. The van der Waals surface area contributed by atoms with Crippen LogP contribution in [0.5, 0.6) is 0 Å². The molecular formula is C25H36N2O3. The molecule has 0 bridgehead atoms. The zero-order valence-electron chi connectivity index (χ0n) is 18.8. The van der Waals surface area contributed by atoms with Crippen LogP contribution in [-0.4, -0.2) is 61.0 Å². The van der Waals surface area contributed by atoms with Gasteiger partial charge in [0.1, 0.15) is 0 Å². The molecule has 0 aromatic heterocycles. The van der Waals surface area contributed by atoms with Gasteiger partial charge in [-0.25, -0.2) is 0 Å². The molecule has 5 heteroatoms. The zero-order valence-corrected chi connectivity index (χ0v) is 18.8. The number of fused-ring (bicyclic) bond motifs is 2. The van der Waals surface area contributed by atoms with Crippen LogP contribution < -0.4 is 0 Å². The van der Waals surface area contributed by atoms with Gasteiger partial charge in [0.25, 0.3) is 0 Å². The van der Waals surface area contributed by atoms with Crippen molar-refractivity contribution in [1.29, 1.82) is 0 Å². The summed E-state index contributed by atoms with van der Waals surface area (Å²) in [5, 5.41) is 0. The third-order valence-electron chi connectivity index (χ3n) is 7.15. The Bertz CT molecular complexity index is 784. The van der Waals surface area contributed by atoms with E-state index in [1.165, 1.54) is 11.1 Å². The van der Waals surface area contributed by atoms with E-state index in [1.54, 1.807) is 0 Å². The summed E-state index contributed by atoms with van der Waals surface area (Å²) in [5.41, 5.74) is 2.92. The van der Waals surface area contributed by atoms with Crippen molar-refractivity contribution in [1.82, 2.24) is 9.80 Å². The lowest BCUT2D eigenvalue weighted by Crippen LogP contribution is -2.45. The van der Waals surface area contributed by atoms with Gasteiger partial charge in [0.2, 0.25) is 11.8 Å². The summed E-state index contributed by atoms with van der Waals surface area (Å²) in [6.45, 7) is 10.7. The van der Waals surface area contributed by atoms with E-state index in [0.717, 1.165) is 32.4 Å². The average molecular weight is 413 g/mol. The Labute approximate surface area is 180 Å². The Balaban J connectivity index is 1.45. The normalized spacial score (nSPS) is 23.5. The minimum atomic E-state index is 0.0249. The van der Waals surface area contributed by atoms with Crippen LogP contribution >= 0.6 is 0 Å². The van der Waals surface area contributed by atoms with Gasteiger partial charge < -0.3 is 14.5 Å². The van der Waals surface area contributed by atoms with Crippen LogP contribution in [0.25, 0.3) is 0 Å². The summed E-state index contributed by atoms with van der Waals surface area (Å²) in [5.74, 6) is 0.823. The van der Waals surface area contributed by atoms with Crippen molar-refractivity contribution in [2.45, 2.75) is 64.2 Å². The Morgan fingerprint density at radius 3 is 2.30 bits per heavy atom. The van der Waals surface area contributed by atoms with Gasteiger partial charge in [-0.1, -0.05) is 45.0 Å². The molecule has 4 rings (SSSR count). The topological polar surface area (TPSA) is 49.9 Å². The summed E-state index contributed by atoms with van der Waals surface area (Å²) >= 11 is 0. The van der Waals surface area contributed by atoms with E-state index >= 15 is 0 Å². The first-order valence-corrected chi connectivity index (χ1v) is 11.5. The third-order valence-corrected chi connectivity index (χ3v) is 7.15. The van der Waals surface area contributed by atoms with E-state index in [0.29, 0.717) is 39.1 Å². The molecule has 1 aromatic carbocycles. The highest BCUT2D eigenvalue weighted by Crippen LogP contribution is 2.52. The molecule has 1 spiro atoms. The van der Waals surface area contributed by atoms with Gasteiger partial charge in [-0.2, -0.15) is 0 Å². The Morgan fingerprint density at radius 2 is 1.63 bits per heavy atom. The van der Waals surface area contributed by atoms with Crippen LogP contribution in [-0.2, 0) is 19.7 Å². The predicted octanol–water partition coefficient (Wildman–Crippen LogP) is 3.72. The van der Waals surface area contributed by atoms with Crippen LogP contribution in [0.15, 0.2) is 24.3 Å². The number of carbonyl (C=O) groups is 2. The summed E-state index contributed by atoms with van der Waals surface area (Å²) < 4.78 is 5.40. The molecule has 30 heavy (non-hydrogen) atoms. The predicted molar refractivity (Wildman–Crippen MR) is 117 cm³/mol. The summed E-state index contributed by atoms with van der Waals surface area (Å²) in [4.78, 5) is 29.7. The molecule has 2 saturated heterocycles. The number of carbonyl (C=O) groups excluding carboxylic acids is 2. The van der Waals surface area contributed by atoms with Crippen LogP contribution in [0.4, 0.5) is 0 Å². The molecule has 2 heterocycles. The second kappa shape index (κ2) is 8.33. The lowest BCUT2D eigenvalue weighted by atomic mass is 9.73. The SMILES string of the molecule is CC(C)(C)CC(=O)N1CCC2(CC1)C[C@@H](CC(=O)N1CCOCC1)c1ccccc12.